The largest absolute Gasteiger partial charge is 0.497 e. The Morgan fingerprint density at radius 1 is 1.07 bits per heavy atom. The molecule has 0 saturated carbocycles. The van der Waals surface area contributed by atoms with Gasteiger partial charge in [-0.05, 0) is 42.7 Å². The van der Waals surface area contributed by atoms with E-state index in [0.29, 0.717) is 35.6 Å². The lowest BCUT2D eigenvalue weighted by atomic mass is 10.0. The van der Waals surface area contributed by atoms with Crippen LogP contribution in [0.15, 0.2) is 71.4 Å². The van der Waals surface area contributed by atoms with Gasteiger partial charge in [0.15, 0.2) is 0 Å². The van der Waals surface area contributed by atoms with E-state index in [9.17, 15) is 9.59 Å². The summed E-state index contributed by atoms with van der Waals surface area (Å²) in [7, 11) is 2.91. The Hall–Kier alpha value is -3.34. The van der Waals surface area contributed by atoms with Crippen molar-refractivity contribution >= 4 is 18.0 Å². The van der Waals surface area contributed by atoms with Crippen LogP contribution in [0.1, 0.15) is 18.1 Å². The maximum Gasteiger partial charge on any atom is 0.340 e. The first-order valence-corrected chi connectivity index (χ1v) is 9.06. The van der Waals surface area contributed by atoms with Gasteiger partial charge in [0.2, 0.25) is 0 Å². The maximum absolute atomic E-state index is 13.1. The summed E-state index contributed by atoms with van der Waals surface area (Å²) in [5.41, 5.74) is 3.17. The van der Waals surface area contributed by atoms with Crippen LogP contribution >= 0.6 is 0 Å². The van der Waals surface area contributed by atoms with Crippen LogP contribution in [0.3, 0.4) is 0 Å². The van der Waals surface area contributed by atoms with Crippen LogP contribution in [0.25, 0.3) is 6.08 Å². The summed E-state index contributed by atoms with van der Waals surface area (Å²) in [6.07, 6.45) is 2.41. The van der Waals surface area contributed by atoms with Crippen molar-refractivity contribution in [1.82, 2.24) is 4.90 Å². The number of amides is 1. The Kier molecular flexibility index (Phi) is 5.94. The number of hydrogen-bond acceptors (Lipinski definition) is 4. The molecule has 5 heteroatoms. The highest BCUT2D eigenvalue weighted by atomic mass is 16.5. The Bertz CT molecular complexity index is 944. The summed E-state index contributed by atoms with van der Waals surface area (Å²) in [4.78, 5) is 27.1. The van der Waals surface area contributed by atoms with Crippen LogP contribution in [0.5, 0.6) is 5.75 Å². The van der Waals surface area contributed by atoms with Gasteiger partial charge in [-0.25, -0.2) is 4.79 Å². The molecule has 2 aromatic carbocycles. The third-order valence-electron chi connectivity index (χ3n) is 4.77. The number of carbonyl (C=O) groups excluding carboxylic acids is 2. The molecule has 0 fully saturated rings. The maximum atomic E-state index is 13.1. The summed E-state index contributed by atoms with van der Waals surface area (Å²) in [5, 5.41) is 0. The topological polar surface area (TPSA) is 55.8 Å². The van der Waals surface area contributed by atoms with Crippen molar-refractivity contribution < 1.29 is 19.1 Å². The van der Waals surface area contributed by atoms with E-state index in [0.717, 1.165) is 11.1 Å². The molecule has 5 nitrogen and oxygen atoms in total. The number of benzene rings is 2. The second-order valence-electron chi connectivity index (χ2n) is 6.48. The first-order chi connectivity index (χ1) is 13.5. The number of methoxy groups -OCH3 is 2. The number of ether oxygens (including phenoxy) is 2. The summed E-state index contributed by atoms with van der Waals surface area (Å²) in [5.74, 6) is -0.0279. The van der Waals surface area contributed by atoms with Gasteiger partial charge in [0.05, 0.1) is 25.4 Å². The van der Waals surface area contributed by atoms with Gasteiger partial charge < -0.3 is 14.4 Å². The zero-order chi connectivity index (χ0) is 20.1. The molecule has 1 aliphatic heterocycles. The van der Waals surface area contributed by atoms with Crippen molar-refractivity contribution in [2.45, 2.75) is 13.3 Å². The van der Waals surface area contributed by atoms with Crippen molar-refractivity contribution in [1.29, 1.82) is 0 Å². The molecule has 0 aromatic heterocycles. The number of carbonyl (C=O) groups is 2. The van der Waals surface area contributed by atoms with Gasteiger partial charge in [0.25, 0.3) is 5.91 Å². The van der Waals surface area contributed by atoms with Crippen LogP contribution in [-0.2, 0) is 20.7 Å². The molecule has 0 unspecified atom stereocenters. The van der Waals surface area contributed by atoms with E-state index in [-0.39, 0.29) is 5.91 Å². The minimum absolute atomic E-state index is 0.198. The second kappa shape index (κ2) is 8.57. The molecule has 0 bridgehead atoms. The molecule has 0 saturated heterocycles. The van der Waals surface area contributed by atoms with Crippen molar-refractivity contribution in [3.05, 3.63) is 82.6 Å². The third kappa shape index (κ3) is 3.98. The standard InChI is InChI=1S/C23H23NO4/c1-16-21(23(26)28-3)20(15-18-10-7-11-19(14-18)27-2)22(25)24(16)13-12-17-8-5-4-6-9-17/h4-11,14-15H,12-13H2,1-3H3/b20-15-. The van der Waals surface area contributed by atoms with E-state index < -0.39 is 5.97 Å². The summed E-state index contributed by atoms with van der Waals surface area (Å²) < 4.78 is 10.2. The molecular formula is C23H23NO4. The fraction of sp³-hybridized carbons (Fsp3) is 0.217. The molecule has 1 aliphatic rings. The second-order valence-corrected chi connectivity index (χ2v) is 6.48. The van der Waals surface area contributed by atoms with E-state index in [1.54, 1.807) is 25.0 Å². The minimum atomic E-state index is -0.512. The zero-order valence-corrected chi connectivity index (χ0v) is 16.3. The first-order valence-electron chi connectivity index (χ1n) is 9.06. The molecule has 0 N–H and O–H groups in total. The number of esters is 1. The molecule has 28 heavy (non-hydrogen) atoms. The molecule has 2 aromatic rings. The van der Waals surface area contributed by atoms with Gasteiger partial charge >= 0.3 is 5.97 Å². The highest BCUT2D eigenvalue weighted by Crippen LogP contribution is 2.32. The predicted molar refractivity (Wildman–Crippen MR) is 108 cm³/mol. The average molecular weight is 377 g/mol. The van der Waals surface area contributed by atoms with Crippen LogP contribution < -0.4 is 4.74 Å². The Balaban J connectivity index is 1.94. The highest BCUT2D eigenvalue weighted by molar-refractivity contribution is 6.16. The fourth-order valence-corrected chi connectivity index (χ4v) is 3.28. The Morgan fingerprint density at radius 3 is 2.50 bits per heavy atom. The smallest absolute Gasteiger partial charge is 0.340 e. The van der Waals surface area contributed by atoms with Crippen LogP contribution in [0.2, 0.25) is 0 Å². The lowest BCUT2D eigenvalue weighted by molar-refractivity contribution is -0.136. The Morgan fingerprint density at radius 2 is 1.82 bits per heavy atom. The molecule has 0 atom stereocenters. The number of hydrogen-bond donors (Lipinski definition) is 0. The van der Waals surface area contributed by atoms with Crippen LogP contribution in [0.4, 0.5) is 0 Å². The summed E-state index contributed by atoms with van der Waals surface area (Å²) in [6.45, 7) is 2.27. The number of nitrogens with zero attached hydrogens (tertiary/aromatic N) is 1. The lowest BCUT2D eigenvalue weighted by Gasteiger charge is -2.17. The van der Waals surface area contributed by atoms with Gasteiger partial charge in [-0.1, -0.05) is 42.5 Å². The fourth-order valence-electron chi connectivity index (χ4n) is 3.28. The number of rotatable bonds is 6. The minimum Gasteiger partial charge on any atom is -0.497 e. The van der Waals surface area contributed by atoms with Gasteiger partial charge in [0, 0.05) is 12.2 Å². The Labute approximate surface area is 164 Å². The van der Waals surface area contributed by atoms with E-state index in [2.05, 4.69) is 0 Å². The molecule has 0 radical (unpaired) electrons. The lowest BCUT2D eigenvalue weighted by Crippen LogP contribution is -2.27. The van der Waals surface area contributed by atoms with E-state index in [4.69, 9.17) is 9.47 Å². The molecule has 144 valence electrons. The monoisotopic (exact) mass is 377 g/mol. The van der Waals surface area contributed by atoms with Gasteiger partial charge in [-0.15, -0.1) is 0 Å². The summed E-state index contributed by atoms with van der Waals surface area (Å²) >= 11 is 0. The van der Waals surface area contributed by atoms with Crippen molar-refractivity contribution in [2.75, 3.05) is 20.8 Å². The van der Waals surface area contributed by atoms with Crippen molar-refractivity contribution in [3.8, 4) is 5.75 Å². The molecule has 0 spiro atoms. The normalized spacial score (nSPS) is 15.3. The van der Waals surface area contributed by atoms with Gasteiger partial charge in [-0.3, -0.25) is 4.79 Å². The first kappa shape index (κ1) is 19.4. The van der Waals surface area contributed by atoms with Gasteiger partial charge in [-0.2, -0.15) is 0 Å². The highest BCUT2D eigenvalue weighted by Gasteiger charge is 2.36. The van der Waals surface area contributed by atoms with E-state index in [1.807, 2.05) is 54.6 Å². The van der Waals surface area contributed by atoms with Crippen molar-refractivity contribution in [2.24, 2.45) is 0 Å². The molecule has 3 rings (SSSR count). The molecule has 1 heterocycles. The molecular weight excluding hydrogens is 354 g/mol. The predicted octanol–water partition coefficient (Wildman–Crippen LogP) is 3.61. The third-order valence-corrected chi connectivity index (χ3v) is 4.77. The van der Waals surface area contributed by atoms with Crippen LogP contribution in [0, 0.1) is 0 Å². The zero-order valence-electron chi connectivity index (χ0n) is 16.3. The quantitative estimate of drug-likeness (QED) is 0.570. The van der Waals surface area contributed by atoms with E-state index in [1.165, 1.54) is 7.11 Å². The molecule has 0 aliphatic carbocycles. The van der Waals surface area contributed by atoms with Gasteiger partial charge in [0.1, 0.15) is 5.75 Å². The SMILES string of the molecule is COC(=O)C1=C(C)N(CCc2ccccc2)C(=O)/C1=C\c1cccc(OC)c1. The van der Waals surface area contributed by atoms with Crippen LogP contribution in [-0.4, -0.2) is 37.5 Å². The van der Waals surface area contributed by atoms with Crippen molar-refractivity contribution in [3.63, 3.8) is 0 Å². The van der Waals surface area contributed by atoms with E-state index >= 15 is 0 Å². The average Bonchev–Trinajstić information content (AvgIpc) is 2.96. The summed E-state index contributed by atoms with van der Waals surface area (Å²) in [6, 6.07) is 17.3. The molecule has 1 amide bonds. The number of allylic oxidation sites excluding steroid dienone is 1.